The highest BCUT2D eigenvalue weighted by molar-refractivity contribution is 9.10. The van der Waals surface area contributed by atoms with Crippen molar-refractivity contribution < 1.29 is 0 Å². The lowest BCUT2D eigenvalue weighted by Crippen LogP contribution is -2.25. The third-order valence-corrected chi connectivity index (χ3v) is 5.24. The van der Waals surface area contributed by atoms with E-state index in [-0.39, 0.29) is 0 Å². The van der Waals surface area contributed by atoms with Crippen LogP contribution in [0.5, 0.6) is 0 Å². The van der Waals surface area contributed by atoms with Crippen LogP contribution in [0.15, 0.2) is 40.9 Å². The average molecular weight is 398 g/mol. The first-order valence-electron chi connectivity index (χ1n) is 8.71. The van der Waals surface area contributed by atoms with Gasteiger partial charge in [-0.3, -0.25) is 0 Å². The van der Waals surface area contributed by atoms with Crippen molar-refractivity contribution in [3.63, 3.8) is 0 Å². The molecule has 0 spiro atoms. The zero-order chi connectivity index (χ0) is 17.1. The number of rotatable bonds is 3. The van der Waals surface area contributed by atoms with Crippen molar-refractivity contribution in [2.45, 2.75) is 25.7 Å². The van der Waals surface area contributed by atoms with Gasteiger partial charge in [0.05, 0.1) is 0 Å². The Kier molecular flexibility index (Phi) is 4.78. The van der Waals surface area contributed by atoms with E-state index in [9.17, 15) is 0 Å². The molecule has 0 amide bonds. The molecule has 3 heterocycles. The van der Waals surface area contributed by atoms with E-state index >= 15 is 0 Å². The maximum absolute atomic E-state index is 4.79. The maximum Gasteiger partial charge on any atom is 0.178 e. The lowest BCUT2D eigenvalue weighted by atomic mass is 10.2. The molecule has 128 valence electrons. The second kappa shape index (κ2) is 7.35. The summed E-state index contributed by atoms with van der Waals surface area (Å²) >= 11 is 3.57. The molecule has 0 saturated carbocycles. The van der Waals surface area contributed by atoms with Crippen molar-refractivity contribution in [1.82, 2.24) is 19.8 Å². The summed E-state index contributed by atoms with van der Waals surface area (Å²) in [7, 11) is 0. The third kappa shape index (κ3) is 3.58. The van der Waals surface area contributed by atoms with Crippen LogP contribution in [0.3, 0.4) is 0 Å². The van der Waals surface area contributed by atoms with Crippen LogP contribution >= 0.6 is 15.9 Å². The van der Waals surface area contributed by atoms with E-state index in [4.69, 9.17) is 5.10 Å². The molecule has 1 fully saturated rings. The normalized spacial score (nSPS) is 15.8. The van der Waals surface area contributed by atoms with E-state index in [2.05, 4.69) is 43.2 Å². The maximum atomic E-state index is 4.79. The first-order valence-corrected chi connectivity index (χ1v) is 9.50. The minimum Gasteiger partial charge on any atom is -0.355 e. The van der Waals surface area contributed by atoms with Crippen LogP contribution in [0, 0.1) is 0 Å². The van der Waals surface area contributed by atoms with Crippen molar-refractivity contribution in [1.29, 1.82) is 0 Å². The smallest absolute Gasteiger partial charge is 0.178 e. The predicted molar refractivity (Wildman–Crippen MR) is 105 cm³/mol. The number of hydrogen-bond donors (Lipinski definition) is 0. The Morgan fingerprint density at radius 3 is 2.48 bits per heavy atom. The fourth-order valence-corrected chi connectivity index (χ4v) is 3.56. The van der Waals surface area contributed by atoms with Gasteiger partial charge < -0.3 is 4.90 Å². The highest BCUT2D eigenvalue weighted by atomic mass is 79.9. The molecule has 2 aromatic heterocycles. The first-order chi connectivity index (χ1) is 12.3. The Labute approximate surface area is 155 Å². The Bertz CT molecular complexity index is 894. The molecule has 0 aliphatic carbocycles. The van der Waals surface area contributed by atoms with E-state index in [1.54, 1.807) is 0 Å². The summed E-state index contributed by atoms with van der Waals surface area (Å²) in [6, 6.07) is 12.1. The molecular weight excluding hydrogens is 378 g/mol. The summed E-state index contributed by atoms with van der Waals surface area (Å²) in [5.74, 6) is 1.74. The van der Waals surface area contributed by atoms with Gasteiger partial charge in [0, 0.05) is 17.6 Å². The summed E-state index contributed by atoms with van der Waals surface area (Å²) in [5, 5.41) is 13.3. The molecule has 0 unspecified atom stereocenters. The van der Waals surface area contributed by atoms with Crippen LogP contribution in [0.2, 0.25) is 0 Å². The van der Waals surface area contributed by atoms with Crippen molar-refractivity contribution in [2.24, 2.45) is 0 Å². The van der Waals surface area contributed by atoms with Crippen molar-refractivity contribution in [3.8, 4) is 0 Å². The summed E-state index contributed by atoms with van der Waals surface area (Å²) < 4.78 is 2.88. The molecule has 0 radical (unpaired) electrons. The van der Waals surface area contributed by atoms with Crippen LogP contribution in [0.4, 0.5) is 5.82 Å². The van der Waals surface area contributed by atoms with E-state index < -0.39 is 0 Å². The topological polar surface area (TPSA) is 46.3 Å². The molecule has 5 nitrogen and oxygen atoms in total. The van der Waals surface area contributed by atoms with Crippen LogP contribution < -0.4 is 4.90 Å². The molecule has 25 heavy (non-hydrogen) atoms. The van der Waals surface area contributed by atoms with Crippen LogP contribution in [0.25, 0.3) is 17.8 Å². The van der Waals surface area contributed by atoms with Gasteiger partial charge in [-0.1, -0.05) is 53.0 Å². The number of nitrogens with zero attached hydrogens (tertiary/aromatic N) is 5. The van der Waals surface area contributed by atoms with Gasteiger partial charge in [-0.05, 0) is 42.7 Å². The summed E-state index contributed by atoms with van der Waals surface area (Å²) in [4.78, 5) is 2.37. The van der Waals surface area contributed by atoms with Crippen molar-refractivity contribution in [2.75, 3.05) is 18.0 Å². The van der Waals surface area contributed by atoms with Crippen LogP contribution in [-0.4, -0.2) is 32.9 Å². The number of fused-ring (bicyclic) bond motifs is 1. The Morgan fingerprint density at radius 2 is 1.68 bits per heavy atom. The van der Waals surface area contributed by atoms with Gasteiger partial charge >= 0.3 is 0 Å². The molecule has 6 heteroatoms. The van der Waals surface area contributed by atoms with E-state index in [0.717, 1.165) is 40.4 Å². The number of anilines is 1. The molecule has 1 aliphatic rings. The highest BCUT2D eigenvalue weighted by Crippen LogP contribution is 2.20. The fraction of sp³-hybridized carbons (Fsp3) is 0.316. The second-order valence-corrected chi connectivity index (χ2v) is 7.13. The standard InChI is InChI=1S/C19H20BrN5/c20-16-8-4-3-7-15(16)9-10-17-21-22-18-11-12-19(23-25(17)18)24-13-5-1-2-6-14-24/h3-4,7-12H,1-2,5-6,13-14H2. The third-order valence-electron chi connectivity index (χ3n) is 4.52. The summed E-state index contributed by atoms with van der Waals surface area (Å²) in [6.45, 7) is 2.14. The molecule has 4 rings (SSSR count). The van der Waals surface area contributed by atoms with Gasteiger partial charge in [-0.25, -0.2) is 0 Å². The van der Waals surface area contributed by atoms with Crippen LogP contribution in [-0.2, 0) is 0 Å². The van der Waals surface area contributed by atoms with Gasteiger partial charge in [0.2, 0.25) is 0 Å². The molecule has 0 atom stereocenters. The lowest BCUT2D eigenvalue weighted by molar-refractivity contribution is 0.726. The van der Waals surface area contributed by atoms with E-state index in [1.807, 2.05) is 40.9 Å². The van der Waals surface area contributed by atoms with Gasteiger partial charge in [-0.15, -0.1) is 15.3 Å². The molecule has 1 saturated heterocycles. The molecule has 1 aromatic carbocycles. The van der Waals surface area contributed by atoms with Crippen LogP contribution in [0.1, 0.15) is 37.1 Å². The molecule has 0 N–H and O–H groups in total. The molecule has 3 aromatic rings. The lowest BCUT2D eigenvalue weighted by Gasteiger charge is -2.20. The van der Waals surface area contributed by atoms with Crippen molar-refractivity contribution >= 4 is 39.5 Å². The number of halogens is 1. The Hall–Kier alpha value is -2.21. The second-order valence-electron chi connectivity index (χ2n) is 6.28. The van der Waals surface area contributed by atoms with Crippen molar-refractivity contribution in [3.05, 3.63) is 52.3 Å². The van der Waals surface area contributed by atoms with Gasteiger partial charge in [0.15, 0.2) is 11.5 Å². The average Bonchev–Trinajstić information content (AvgIpc) is 2.85. The fourth-order valence-electron chi connectivity index (χ4n) is 3.14. The monoisotopic (exact) mass is 397 g/mol. The van der Waals surface area contributed by atoms with Gasteiger partial charge in [-0.2, -0.15) is 4.52 Å². The van der Waals surface area contributed by atoms with E-state index in [1.165, 1.54) is 25.7 Å². The number of hydrogen-bond acceptors (Lipinski definition) is 4. The van der Waals surface area contributed by atoms with Gasteiger partial charge in [0.1, 0.15) is 5.82 Å². The SMILES string of the molecule is Brc1ccccc1C=Cc1nnc2ccc(N3CCCCCC3)nn12. The minimum absolute atomic E-state index is 0.738. The summed E-state index contributed by atoms with van der Waals surface area (Å²) in [5.41, 5.74) is 1.87. The van der Waals surface area contributed by atoms with Gasteiger partial charge in [0.25, 0.3) is 0 Å². The largest absolute Gasteiger partial charge is 0.355 e. The minimum atomic E-state index is 0.738. The Morgan fingerprint density at radius 1 is 0.880 bits per heavy atom. The summed E-state index contributed by atoms with van der Waals surface area (Å²) in [6.07, 6.45) is 9.07. The number of benzene rings is 1. The predicted octanol–water partition coefficient (Wildman–Crippen LogP) is 4.44. The molecule has 1 aliphatic heterocycles. The zero-order valence-electron chi connectivity index (χ0n) is 14.0. The van der Waals surface area contributed by atoms with E-state index in [0.29, 0.717) is 0 Å². The molecular formula is C19H20BrN5. The zero-order valence-corrected chi connectivity index (χ0v) is 15.6. The quantitative estimate of drug-likeness (QED) is 0.655. The Balaban J connectivity index is 1.65. The highest BCUT2D eigenvalue weighted by Gasteiger charge is 2.13. The first kappa shape index (κ1) is 16.3. The molecule has 0 bridgehead atoms. The number of aromatic nitrogens is 4.